The van der Waals surface area contributed by atoms with E-state index in [9.17, 15) is 18.0 Å². The van der Waals surface area contributed by atoms with Crippen molar-refractivity contribution in [2.75, 3.05) is 25.5 Å². The van der Waals surface area contributed by atoms with Gasteiger partial charge in [-0.1, -0.05) is 17.7 Å². The summed E-state index contributed by atoms with van der Waals surface area (Å²) in [4.78, 5) is 17.0. The Morgan fingerprint density at radius 3 is 2.74 bits per heavy atom. The molecule has 2 N–H and O–H groups in total. The first-order valence-corrected chi connectivity index (χ1v) is 8.71. The Morgan fingerprint density at radius 2 is 2.04 bits per heavy atom. The molecule has 0 spiro atoms. The third kappa shape index (κ3) is 4.14. The number of ketones is 1. The molecule has 2 aromatic rings. The molecule has 1 aliphatic heterocycles. The summed E-state index contributed by atoms with van der Waals surface area (Å²) in [6.45, 7) is 1.10. The van der Waals surface area contributed by atoms with Crippen LogP contribution in [0.3, 0.4) is 0 Å². The van der Waals surface area contributed by atoms with Crippen molar-refractivity contribution < 1.29 is 18.0 Å². The van der Waals surface area contributed by atoms with Crippen molar-refractivity contribution in [1.29, 1.82) is 0 Å². The van der Waals surface area contributed by atoms with Gasteiger partial charge in [-0.25, -0.2) is 13.2 Å². The van der Waals surface area contributed by atoms with Gasteiger partial charge in [0.15, 0.2) is 17.4 Å². The van der Waals surface area contributed by atoms with E-state index in [-0.39, 0.29) is 29.1 Å². The SMILES string of the molecule is CNCCN=C1Cc2c(C(=O)Cc3ccc(F)c(Cl)c3)cc(F)c(F)c2N1. The molecular weight excluding hydrogens is 379 g/mol. The lowest BCUT2D eigenvalue weighted by Gasteiger charge is -2.09. The maximum Gasteiger partial charge on any atom is 0.182 e. The largest absolute Gasteiger partial charge is 0.341 e. The fraction of sp³-hybridized carbons (Fsp3) is 0.263. The van der Waals surface area contributed by atoms with Gasteiger partial charge in [0.1, 0.15) is 11.7 Å². The van der Waals surface area contributed by atoms with Gasteiger partial charge in [0.2, 0.25) is 0 Å². The molecule has 1 heterocycles. The smallest absolute Gasteiger partial charge is 0.182 e. The highest BCUT2D eigenvalue weighted by Gasteiger charge is 2.28. The summed E-state index contributed by atoms with van der Waals surface area (Å²) in [6.07, 6.45) is 0.102. The van der Waals surface area contributed by atoms with Gasteiger partial charge in [-0.15, -0.1) is 0 Å². The molecule has 27 heavy (non-hydrogen) atoms. The molecule has 0 aromatic heterocycles. The third-order valence-electron chi connectivity index (χ3n) is 4.25. The van der Waals surface area contributed by atoms with Gasteiger partial charge in [0.05, 0.1) is 17.3 Å². The predicted molar refractivity (Wildman–Crippen MR) is 99.4 cm³/mol. The van der Waals surface area contributed by atoms with Gasteiger partial charge in [-0.2, -0.15) is 0 Å². The van der Waals surface area contributed by atoms with Crippen LogP contribution in [0.5, 0.6) is 0 Å². The van der Waals surface area contributed by atoms with Crippen molar-refractivity contribution in [3.8, 4) is 0 Å². The Hall–Kier alpha value is -2.38. The average Bonchev–Trinajstić information content (AvgIpc) is 3.06. The number of aliphatic imine (C=N–C) groups is 1. The summed E-state index contributed by atoms with van der Waals surface area (Å²) in [5.41, 5.74) is 0.878. The average molecular weight is 396 g/mol. The number of halogens is 4. The zero-order valence-corrected chi connectivity index (χ0v) is 15.3. The molecular formula is C19H17ClF3N3O. The van der Waals surface area contributed by atoms with Crippen molar-refractivity contribution >= 4 is 28.9 Å². The number of rotatable bonds is 6. The highest BCUT2D eigenvalue weighted by atomic mass is 35.5. The normalized spacial score (nSPS) is 14.3. The molecule has 0 bridgehead atoms. The van der Waals surface area contributed by atoms with E-state index in [1.807, 2.05) is 0 Å². The first-order valence-electron chi connectivity index (χ1n) is 8.33. The molecule has 0 saturated carbocycles. The Morgan fingerprint density at radius 1 is 1.26 bits per heavy atom. The zero-order chi connectivity index (χ0) is 19.6. The van der Waals surface area contributed by atoms with Crippen molar-refractivity contribution in [2.24, 2.45) is 4.99 Å². The summed E-state index contributed by atoms with van der Waals surface area (Å²) in [5, 5.41) is 5.60. The number of nitrogens with zero attached hydrogens (tertiary/aromatic N) is 1. The number of amidine groups is 1. The van der Waals surface area contributed by atoms with E-state index in [2.05, 4.69) is 15.6 Å². The molecule has 0 amide bonds. The summed E-state index contributed by atoms with van der Waals surface area (Å²) >= 11 is 5.74. The summed E-state index contributed by atoms with van der Waals surface area (Å²) in [5.74, 6) is -2.67. The van der Waals surface area contributed by atoms with Gasteiger partial charge < -0.3 is 10.6 Å². The number of likely N-dealkylation sites (N-methyl/N-ethyl adjacent to an activating group) is 1. The molecule has 142 valence electrons. The van der Waals surface area contributed by atoms with E-state index in [0.717, 1.165) is 12.1 Å². The topological polar surface area (TPSA) is 53.5 Å². The highest BCUT2D eigenvalue weighted by Crippen LogP contribution is 2.32. The highest BCUT2D eigenvalue weighted by molar-refractivity contribution is 6.30. The Bertz CT molecular complexity index is 931. The molecule has 1 aliphatic rings. The van der Waals surface area contributed by atoms with Crippen LogP contribution in [0.25, 0.3) is 0 Å². The van der Waals surface area contributed by atoms with Crippen molar-refractivity contribution in [1.82, 2.24) is 5.32 Å². The molecule has 0 unspecified atom stereocenters. The van der Waals surface area contributed by atoms with Gasteiger partial charge in [0, 0.05) is 24.9 Å². The first kappa shape index (κ1) is 19.4. The van der Waals surface area contributed by atoms with E-state index >= 15 is 0 Å². The number of carbonyl (C=O) groups is 1. The van der Waals surface area contributed by atoms with Crippen LogP contribution in [-0.4, -0.2) is 31.8 Å². The number of Topliss-reactive ketones (excluding diaryl/α,β-unsaturated/α-hetero) is 1. The minimum absolute atomic E-state index is 0.0568. The molecule has 0 aliphatic carbocycles. The van der Waals surface area contributed by atoms with E-state index in [1.54, 1.807) is 7.05 Å². The second-order valence-corrected chi connectivity index (χ2v) is 6.56. The minimum Gasteiger partial charge on any atom is -0.341 e. The van der Waals surface area contributed by atoms with Crippen LogP contribution in [0.1, 0.15) is 21.5 Å². The lowest BCUT2D eigenvalue weighted by atomic mass is 9.96. The van der Waals surface area contributed by atoms with Crippen molar-refractivity contribution in [3.63, 3.8) is 0 Å². The maximum absolute atomic E-state index is 14.2. The molecule has 3 rings (SSSR count). The number of nitrogens with one attached hydrogen (secondary N) is 2. The van der Waals surface area contributed by atoms with Crippen LogP contribution in [0, 0.1) is 17.5 Å². The van der Waals surface area contributed by atoms with E-state index in [1.165, 1.54) is 12.1 Å². The van der Waals surface area contributed by atoms with Crippen LogP contribution in [0.4, 0.5) is 18.9 Å². The lowest BCUT2D eigenvalue weighted by molar-refractivity contribution is 0.0992. The quantitative estimate of drug-likeness (QED) is 0.578. The molecule has 0 saturated heterocycles. The van der Waals surface area contributed by atoms with E-state index < -0.39 is 23.2 Å². The monoisotopic (exact) mass is 395 g/mol. The van der Waals surface area contributed by atoms with Gasteiger partial charge in [-0.3, -0.25) is 9.79 Å². The fourth-order valence-electron chi connectivity index (χ4n) is 2.91. The number of carbonyl (C=O) groups excluding carboxylic acids is 1. The van der Waals surface area contributed by atoms with Gasteiger partial charge >= 0.3 is 0 Å². The van der Waals surface area contributed by atoms with Crippen LogP contribution >= 0.6 is 11.6 Å². The van der Waals surface area contributed by atoms with Crippen molar-refractivity contribution in [2.45, 2.75) is 12.8 Å². The number of hydrogen-bond donors (Lipinski definition) is 2. The Balaban J connectivity index is 1.89. The van der Waals surface area contributed by atoms with Crippen LogP contribution in [0.2, 0.25) is 5.02 Å². The molecule has 0 radical (unpaired) electrons. The lowest BCUT2D eigenvalue weighted by Crippen LogP contribution is -2.14. The second kappa shape index (κ2) is 8.10. The Labute approximate surface area is 159 Å². The standard InChI is InChI=1S/C19H17ClF3N3O/c1-24-4-5-25-17-9-12-11(8-15(22)18(23)19(12)26-17)16(27)7-10-2-3-14(21)13(20)6-10/h2-3,6,8,24H,4-5,7,9H2,1H3,(H,25,26). The number of hydrogen-bond acceptors (Lipinski definition) is 3. The zero-order valence-electron chi connectivity index (χ0n) is 14.5. The van der Waals surface area contributed by atoms with Crippen LogP contribution < -0.4 is 10.6 Å². The first-order chi connectivity index (χ1) is 12.9. The summed E-state index contributed by atoms with van der Waals surface area (Å²) in [6, 6.07) is 4.84. The number of anilines is 1. The number of benzene rings is 2. The van der Waals surface area contributed by atoms with Crippen molar-refractivity contribution in [3.05, 3.63) is 63.4 Å². The molecule has 2 aromatic carbocycles. The molecule has 8 heteroatoms. The molecule has 0 atom stereocenters. The third-order valence-corrected chi connectivity index (χ3v) is 4.54. The van der Waals surface area contributed by atoms with Gasteiger partial charge in [0.25, 0.3) is 0 Å². The van der Waals surface area contributed by atoms with Crippen LogP contribution in [-0.2, 0) is 12.8 Å². The molecule has 0 fully saturated rings. The van der Waals surface area contributed by atoms with Gasteiger partial charge in [-0.05, 0) is 36.4 Å². The van der Waals surface area contributed by atoms with E-state index in [4.69, 9.17) is 11.6 Å². The van der Waals surface area contributed by atoms with Crippen LogP contribution in [0.15, 0.2) is 29.3 Å². The second-order valence-electron chi connectivity index (χ2n) is 6.16. The molecule has 4 nitrogen and oxygen atoms in total. The Kier molecular flexibility index (Phi) is 5.82. The summed E-state index contributed by atoms with van der Waals surface area (Å²) < 4.78 is 41.4. The predicted octanol–water partition coefficient (Wildman–Crippen LogP) is 3.77. The number of fused-ring (bicyclic) bond motifs is 1. The fourth-order valence-corrected chi connectivity index (χ4v) is 3.11. The van der Waals surface area contributed by atoms with E-state index in [0.29, 0.717) is 30.1 Å². The minimum atomic E-state index is -1.11. The maximum atomic E-state index is 14.2. The summed E-state index contributed by atoms with van der Waals surface area (Å²) in [7, 11) is 1.78.